The van der Waals surface area contributed by atoms with E-state index in [4.69, 9.17) is 14.2 Å². The van der Waals surface area contributed by atoms with Gasteiger partial charge in [-0.1, -0.05) is 12.1 Å². The average Bonchev–Trinajstić information content (AvgIpc) is 2.79. The molecule has 0 bridgehead atoms. The number of aromatic nitrogens is 1. The van der Waals surface area contributed by atoms with E-state index in [1.165, 1.54) is 12.3 Å². The van der Waals surface area contributed by atoms with Gasteiger partial charge in [0, 0.05) is 44.6 Å². The van der Waals surface area contributed by atoms with Crippen LogP contribution in [0.25, 0.3) is 0 Å². The van der Waals surface area contributed by atoms with E-state index < -0.39 is 11.1 Å². The smallest absolute Gasteiger partial charge is 0.450 e. The van der Waals surface area contributed by atoms with Crippen molar-refractivity contribution in [3.05, 3.63) is 52.2 Å². The summed E-state index contributed by atoms with van der Waals surface area (Å²) in [7, 11) is 0. The first-order valence-corrected chi connectivity index (χ1v) is 10.8. The van der Waals surface area contributed by atoms with Gasteiger partial charge < -0.3 is 23.9 Å². The fraction of sp³-hybridized carbons (Fsp3) is 0.435. The zero-order chi connectivity index (χ0) is 23.8. The van der Waals surface area contributed by atoms with Gasteiger partial charge in [-0.25, -0.2) is 9.78 Å². The van der Waals surface area contributed by atoms with Gasteiger partial charge in [0.05, 0.1) is 11.5 Å². The third-order valence-electron chi connectivity index (χ3n) is 5.23. The molecule has 10 nitrogen and oxygen atoms in total. The lowest BCUT2D eigenvalue weighted by molar-refractivity contribution is -0.385. The fourth-order valence-electron chi connectivity index (χ4n) is 3.56. The van der Waals surface area contributed by atoms with Crippen LogP contribution in [0.15, 0.2) is 36.5 Å². The first kappa shape index (κ1) is 24.0. The van der Waals surface area contributed by atoms with Crippen molar-refractivity contribution in [1.29, 1.82) is 0 Å². The summed E-state index contributed by atoms with van der Waals surface area (Å²) in [6.45, 7) is 4.36. The Hall–Kier alpha value is -3.69. The Kier molecular flexibility index (Phi) is 8.17. The van der Waals surface area contributed by atoms with Gasteiger partial charge in [0.25, 0.3) is 0 Å². The number of aryl methyl sites for hydroxylation is 1. The van der Waals surface area contributed by atoms with Crippen LogP contribution in [0.5, 0.6) is 11.5 Å². The molecule has 1 saturated heterocycles. The molecular formula is C23H27N3O7. The highest BCUT2D eigenvalue weighted by Crippen LogP contribution is 2.38. The number of ether oxygens (including phenoxy) is 3. The minimum Gasteiger partial charge on any atom is -0.450 e. The number of carbonyl (C=O) groups is 2. The Balaban J connectivity index is 1.71. The lowest BCUT2D eigenvalue weighted by atomic mass is 10.1. The van der Waals surface area contributed by atoms with E-state index in [9.17, 15) is 19.7 Å². The van der Waals surface area contributed by atoms with E-state index in [-0.39, 0.29) is 35.7 Å². The van der Waals surface area contributed by atoms with Crippen LogP contribution < -0.4 is 9.64 Å². The molecule has 0 saturated carbocycles. The first-order valence-electron chi connectivity index (χ1n) is 10.8. The van der Waals surface area contributed by atoms with Crippen LogP contribution in [-0.2, 0) is 20.7 Å². The van der Waals surface area contributed by atoms with E-state index in [0.717, 1.165) is 5.56 Å². The molecule has 0 spiro atoms. The molecule has 176 valence electrons. The van der Waals surface area contributed by atoms with Crippen molar-refractivity contribution >= 4 is 23.4 Å². The second-order valence-corrected chi connectivity index (χ2v) is 7.67. The topological polar surface area (TPSA) is 121 Å². The van der Waals surface area contributed by atoms with Gasteiger partial charge in [-0.05, 0) is 38.0 Å². The van der Waals surface area contributed by atoms with Crippen LogP contribution >= 0.6 is 0 Å². The number of hydrogen-bond donors (Lipinski definition) is 0. The van der Waals surface area contributed by atoms with E-state index in [1.807, 2.05) is 12.1 Å². The quantitative estimate of drug-likeness (QED) is 0.305. The maximum Gasteiger partial charge on any atom is 0.508 e. The van der Waals surface area contributed by atoms with E-state index in [1.54, 1.807) is 30.9 Å². The normalized spacial score (nSPS) is 13.9. The number of nitrogens with zero attached hydrogens (tertiary/aromatic N) is 3. The highest BCUT2D eigenvalue weighted by atomic mass is 16.7. The molecular weight excluding hydrogens is 430 g/mol. The molecule has 1 aliphatic rings. The molecule has 3 rings (SSSR count). The molecule has 1 aliphatic heterocycles. The summed E-state index contributed by atoms with van der Waals surface area (Å²) in [6, 6.07) is 8.57. The SMILES string of the molecule is CCOC(=O)OC1CCN(c2nccc(Oc3ccc(CCC(C)=O)cc3)c2[N+](=O)[O-])CC1. The second-order valence-electron chi connectivity index (χ2n) is 7.67. The fourth-order valence-corrected chi connectivity index (χ4v) is 3.56. The molecule has 0 amide bonds. The molecule has 0 unspecified atom stereocenters. The zero-order valence-electron chi connectivity index (χ0n) is 18.7. The lowest BCUT2D eigenvalue weighted by Gasteiger charge is -2.31. The van der Waals surface area contributed by atoms with E-state index in [2.05, 4.69) is 4.98 Å². The highest BCUT2D eigenvalue weighted by molar-refractivity contribution is 5.75. The molecule has 0 N–H and O–H groups in total. The summed E-state index contributed by atoms with van der Waals surface area (Å²) in [5.41, 5.74) is 0.762. The van der Waals surface area contributed by atoms with Crippen molar-refractivity contribution in [2.75, 3.05) is 24.6 Å². The number of anilines is 1. The molecule has 10 heteroatoms. The van der Waals surface area contributed by atoms with Gasteiger partial charge in [-0.3, -0.25) is 10.1 Å². The first-order chi connectivity index (χ1) is 15.9. The summed E-state index contributed by atoms with van der Waals surface area (Å²) >= 11 is 0. The number of ketones is 1. The van der Waals surface area contributed by atoms with Crippen LogP contribution in [0.1, 0.15) is 38.7 Å². The molecule has 0 radical (unpaired) electrons. The van der Waals surface area contributed by atoms with Crippen molar-refractivity contribution in [1.82, 2.24) is 4.98 Å². The Morgan fingerprint density at radius 1 is 1.18 bits per heavy atom. The summed E-state index contributed by atoms with van der Waals surface area (Å²) in [4.78, 5) is 40.1. The predicted molar refractivity (Wildman–Crippen MR) is 120 cm³/mol. The van der Waals surface area contributed by atoms with Crippen molar-refractivity contribution < 1.29 is 28.7 Å². The van der Waals surface area contributed by atoms with Gasteiger partial charge in [-0.2, -0.15) is 0 Å². The Bertz CT molecular complexity index is 986. The maximum atomic E-state index is 11.9. The molecule has 1 aromatic carbocycles. The summed E-state index contributed by atoms with van der Waals surface area (Å²) in [5.74, 6) is 0.867. The van der Waals surface area contributed by atoms with Crippen LogP contribution in [0.4, 0.5) is 16.3 Å². The number of rotatable bonds is 9. The minimum absolute atomic E-state index is 0.0892. The van der Waals surface area contributed by atoms with Gasteiger partial charge in [0.2, 0.25) is 11.6 Å². The van der Waals surface area contributed by atoms with Crippen molar-refractivity contribution in [3.63, 3.8) is 0 Å². The standard InChI is InChI=1S/C23H27N3O7/c1-3-31-23(28)33-19-11-14-25(15-12-19)22-21(26(29)30)20(10-13-24-22)32-18-8-6-17(7-9-18)5-4-16(2)27/h6-10,13,19H,3-5,11-12,14-15H2,1-2H3. The second kappa shape index (κ2) is 11.3. The van der Waals surface area contributed by atoms with Crippen molar-refractivity contribution in [2.45, 2.75) is 45.6 Å². The van der Waals surface area contributed by atoms with Crippen LogP contribution in [0.2, 0.25) is 0 Å². The highest BCUT2D eigenvalue weighted by Gasteiger charge is 2.31. The molecule has 0 aliphatic carbocycles. The number of benzene rings is 1. The van der Waals surface area contributed by atoms with Gasteiger partial charge in [0.1, 0.15) is 17.6 Å². The third-order valence-corrected chi connectivity index (χ3v) is 5.23. The zero-order valence-corrected chi connectivity index (χ0v) is 18.7. The van der Waals surface area contributed by atoms with Crippen LogP contribution in [-0.4, -0.2) is 47.6 Å². The molecule has 33 heavy (non-hydrogen) atoms. The Morgan fingerprint density at radius 3 is 2.48 bits per heavy atom. The molecule has 0 atom stereocenters. The number of pyridine rings is 1. The predicted octanol–water partition coefficient (Wildman–Crippen LogP) is 4.45. The van der Waals surface area contributed by atoms with Crippen molar-refractivity contribution in [2.24, 2.45) is 0 Å². The van der Waals surface area contributed by atoms with Crippen LogP contribution in [0.3, 0.4) is 0 Å². The molecule has 1 aromatic heterocycles. The molecule has 2 aromatic rings. The molecule has 1 fully saturated rings. The van der Waals surface area contributed by atoms with E-state index in [0.29, 0.717) is 44.5 Å². The summed E-state index contributed by atoms with van der Waals surface area (Å²) in [5, 5.41) is 11.9. The van der Waals surface area contributed by atoms with Gasteiger partial charge in [-0.15, -0.1) is 0 Å². The molecule has 2 heterocycles. The Morgan fingerprint density at radius 2 is 1.88 bits per heavy atom. The van der Waals surface area contributed by atoms with Crippen LogP contribution in [0, 0.1) is 10.1 Å². The van der Waals surface area contributed by atoms with Gasteiger partial charge >= 0.3 is 11.8 Å². The monoisotopic (exact) mass is 457 g/mol. The number of nitro groups is 1. The maximum absolute atomic E-state index is 11.9. The van der Waals surface area contributed by atoms with E-state index >= 15 is 0 Å². The van der Waals surface area contributed by atoms with Crippen molar-refractivity contribution in [3.8, 4) is 11.5 Å². The summed E-state index contributed by atoms with van der Waals surface area (Å²) in [6.07, 6.45) is 2.56. The number of carbonyl (C=O) groups excluding carboxylic acids is 2. The summed E-state index contributed by atoms with van der Waals surface area (Å²) < 4.78 is 15.9. The Labute approximate surface area is 191 Å². The van der Waals surface area contributed by atoms with Gasteiger partial charge in [0.15, 0.2) is 0 Å². The lowest BCUT2D eigenvalue weighted by Crippen LogP contribution is -2.38. The number of hydrogen-bond acceptors (Lipinski definition) is 9. The largest absolute Gasteiger partial charge is 0.508 e. The minimum atomic E-state index is -0.706. The third kappa shape index (κ3) is 6.64. The number of Topliss-reactive ketones (excluding diaryl/α,β-unsaturated/α-hetero) is 1. The average molecular weight is 457 g/mol. The number of piperidine rings is 1.